The molecular weight excluding hydrogens is 174 g/mol. The fourth-order valence-electron chi connectivity index (χ4n) is 0.843. The van der Waals surface area contributed by atoms with Gasteiger partial charge in [-0.3, -0.25) is 0 Å². The van der Waals surface area contributed by atoms with Crippen LogP contribution in [-0.2, 0) is 0 Å². The summed E-state index contributed by atoms with van der Waals surface area (Å²) in [6.45, 7) is 9.36. The first-order chi connectivity index (χ1) is 6.31. The maximum Gasteiger partial charge on any atom is 0.0240 e. The standard InChI is InChI=1S/C9H20N2.C2H6.H3N/c1-3-5-7-11-8-9(10)6-4-2;1-2;/h8,11H,3-7,10H2,1-2H3;1-2H3;1H3/b9-8-;;. The van der Waals surface area contributed by atoms with Crippen molar-refractivity contribution in [1.82, 2.24) is 11.5 Å². The molecule has 0 aliphatic rings. The van der Waals surface area contributed by atoms with Gasteiger partial charge in [-0.25, -0.2) is 0 Å². The third-order valence-corrected chi connectivity index (χ3v) is 1.50. The molecular formula is C11H29N3. The van der Waals surface area contributed by atoms with E-state index in [0.717, 1.165) is 25.1 Å². The van der Waals surface area contributed by atoms with Crippen molar-refractivity contribution in [3.05, 3.63) is 11.9 Å². The molecule has 14 heavy (non-hydrogen) atoms. The van der Waals surface area contributed by atoms with Gasteiger partial charge in [0.1, 0.15) is 0 Å². The Morgan fingerprint density at radius 2 is 1.79 bits per heavy atom. The summed E-state index contributed by atoms with van der Waals surface area (Å²) in [7, 11) is 0. The summed E-state index contributed by atoms with van der Waals surface area (Å²) in [5.74, 6) is 0. The molecule has 3 heteroatoms. The lowest BCUT2D eigenvalue weighted by Gasteiger charge is -2.01. The van der Waals surface area contributed by atoms with Gasteiger partial charge in [-0.2, -0.15) is 0 Å². The van der Waals surface area contributed by atoms with Gasteiger partial charge in [0.2, 0.25) is 0 Å². The second kappa shape index (κ2) is 18.2. The van der Waals surface area contributed by atoms with Gasteiger partial charge in [-0.15, -0.1) is 0 Å². The van der Waals surface area contributed by atoms with Crippen molar-refractivity contribution in [2.24, 2.45) is 5.73 Å². The van der Waals surface area contributed by atoms with E-state index in [9.17, 15) is 0 Å². The SMILES string of the molecule is CC.CCCCN/C=C(\N)CCC.N. The van der Waals surface area contributed by atoms with Crippen molar-refractivity contribution in [3.63, 3.8) is 0 Å². The summed E-state index contributed by atoms with van der Waals surface area (Å²) in [6.07, 6.45) is 6.50. The Morgan fingerprint density at radius 1 is 1.21 bits per heavy atom. The van der Waals surface area contributed by atoms with Crippen LogP contribution in [0, 0.1) is 0 Å². The van der Waals surface area contributed by atoms with Crippen LogP contribution in [0.25, 0.3) is 0 Å². The highest BCUT2D eigenvalue weighted by Crippen LogP contribution is 1.94. The average Bonchev–Trinajstić information content (AvgIpc) is 2.16. The van der Waals surface area contributed by atoms with Crippen molar-refractivity contribution in [1.29, 1.82) is 0 Å². The van der Waals surface area contributed by atoms with Crippen molar-refractivity contribution in [2.75, 3.05) is 6.54 Å². The predicted molar refractivity (Wildman–Crippen MR) is 66.5 cm³/mol. The van der Waals surface area contributed by atoms with E-state index in [1.165, 1.54) is 12.8 Å². The van der Waals surface area contributed by atoms with Gasteiger partial charge in [-0.1, -0.05) is 40.5 Å². The second-order valence-corrected chi connectivity index (χ2v) is 2.78. The van der Waals surface area contributed by atoms with Gasteiger partial charge in [0.05, 0.1) is 0 Å². The Labute approximate surface area is 89.7 Å². The van der Waals surface area contributed by atoms with Crippen LogP contribution < -0.4 is 17.2 Å². The smallest absolute Gasteiger partial charge is 0.0240 e. The lowest BCUT2D eigenvalue weighted by Crippen LogP contribution is -2.10. The maximum atomic E-state index is 5.67. The third kappa shape index (κ3) is 17.4. The molecule has 0 spiro atoms. The number of unbranched alkanes of at least 4 members (excludes halogenated alkanes) is 1. The van der Waals surface area contributed by atoms with E-state index in [1.54, 1.807) is 0 Å². The zero-order valence-corrected chi connectivity index (χ0v) is 10.4. The molecule has 0 unspecified atom stereocenters. The number of rotatable bonds is 6. The molecule has 0 aromatic heterocycles. The lowest BCUT2D eigenvalue weighted by molar-refractivity contribution is 0.726. The van der Waals surface area contributed by atoms with Gasteiger partial charge in [0, 0.05) is 18.4 Å². The van der Waals surface area contributed by atoms with Crippen molar-refractivity contribution in [2.45, 2.75) is 53.4 Å². The van der Waals surface area contributed by atoms with E-state index < -0.39 is 0 Å². The molecule has 0 fully saturated rings. The van der Waals surface area contributed by atoms with Gasteiger partial charge >= 0.3 is 0 Å². The minimum atomic E-state index is 0. The molecule has 0 bridgehead atoms. The van der Waals surface area contributed by atoms with Crippen molar-refractivity contribution >= 4 is 0 Å². The highest BCUT2D eigenvalue weighted by Gasteiger charge is 1.85. The molecule has 3 nitrogen and oxygen atoms in total. The summed E-state index contributed by atoms with van der Waals surface area (Å²) in [5, 5.41) is 3.18. The molecule has 88 valence electrons. The summed E-state index contributed by atoms with van der Waals surface area (Å²) in [6, 6.07) is 0. The van der Waals surface area contributed by atoms with E-state index in [2.05, 4.69) is 19.2 Å². The van der Waals surface area contributed by atoms with Crippen LogP contribution in [0.3, 0.4) is 0 Å². The molecule has 0 saturated carbocycles. The van der Waals surface area contributed by atoms with E-state index in [0.29, 0.717) is 0 Å². The van der Waals surface area contributed by atoms with Gasteiger partial charge in [0.25, 0.3) is 0 Å². The van der Waals surface area contributed by atoms with Gasteiger partial charge in [-0.05, 0) is 12.8 Å². The Bertz CT molecular complexity index is 111. The average molecular weight is 203 g/mol. The molecule has 0 atom stereocenters. The lowest BCUT2D eigenvalue weighted by atomic mass is 10.3. The quantitative estimate of drug-likeness (QED) is 0.580. The predicted octanol–water partition coefficient (Wildman–Crippen LogP) is 3.16. The van der Waals surface area contributed by atoms with Crippen LogP contribution in [0.4, 0.5) is 0 Å². The minimum absolute atomic E-state index is 0. The third-order valence-electron chi connectivity index (χ3n) is 1.50. The van der Waals surface area contributed by atoms with Crippen molar-refractivity contribution in [3.8, 4) is 0 Å². The van der Waals surface area contributed by atoms with E-state index in [4.69, 9.17) is 5.73 Å². The van der Waals surface area contributed by atoms with E-state index in [1.807, 2.05) is 20.0 Å². The Balaban J connectivity index is -0.000000376. The minimum Gasteiger partial charge on any atom is -0.401 e. The second-order valence-electron chi connectivity index (χ2n) is 2.78. The molecule has 0 heterocycles. The van der Waals surface area contributed by atoms with Crippen LogP contribution in [-0.4, -0.2) is 6.54 Å². The van der Waals surface area contributed by atoms with Gasteiger partial charge < -0.3 is 17.2 Å². The number of hydrogen-bond acceptors (Lipinski definition) is 3. The largest absolute Gasteiger partial charge is 0.401 e. The normalized spacial score (nSPS) is 9.57. The van der Waals surface area contributed by atoms with Crippen LogP contribution >= 0.6 is 0 Å². The zero-order valence-electron chi connectivity index (χ0n) is 10.4. The fourth-order valence-corrected chi connectivity index (χ4v) is 0.843. The number of allylic oxidation sites excluding steroid dienone is 1. The Morgan fingerprint density at radius 3 is 2.21 bits per heavy atom. The number of nitrogens with one attached hydrogen (secondary N) is 1. The number of nitrogens with two attached hydrogens (primary N) is 1. The first-order valence-electron chi connectivity index (χ1n) is 5.49. The van der Waals surface area contributed by atoms with Crippen LogP contribution in [0.15, 0.2) is 11.9 Å². The summed E-state index contributed by atoms with van der Waals surface area (Å²) in [4.78, 5) is 0. The van der Waals surface area contributed by atoms with Crippen LogP contribution in [0.1, 0.15) is 53.4 Å². The maximum absolute atomic E-state index is 5.67. The molecule has 0 rings (SSSR count). The summed E-state index contributed by atoms with van der Waals surface area (Å²) in [5.41, 5.74) is 6.63. The number of hydrogen-bond donors (Lipinski definition) is 3. The fraction of sp³-hybridized carbons (Fsp3) is 0.818. The molecule has 0 aromatic rings. The first kappa shape index (κ1) is 19.0. The molecule has 0 saturated heterocycles. The van der Waals surface area contributed by atoms with Crippen LogP contribution in [0.2, 0.25) is 0 Å². The molecule has 0 aromatic carbocycles. The zero-order chi connectivity index (χ0) is 10.5. The monoisotopic (exact) mass is 203 g/mol. The summed E-state index contributed by atoms with van der Waals surface area (Å²) < 4.78 is 0. The molecule has 0 aliphatic carbocycles. The molecule has 0 radical (unpaired) electrons. The highest BCUT2D eigenvalue weighted by molar-refractivity contribution is 4.93. The Kier molecular flexibility index (Phi) is 24.6. The van der Waals surface area contributed by atoms with E-state index >= 15 is 0 Å². The summed E-state index contributed by atoms with van der Waals surface area (Å²) >= 11 is 0. The topological polar surface area (TPSA) is 73.0 Å². The molecule has 0 amide bonds. The van der Waals surface area contributed by atoms with Crippen molar-refractivity contribution < 1.29 is 0 Å². The van der Waals surface area contributed by atoms with Crippen LogP contribution in [0.5, 0.6) is 0 Å². The Hall–Kier alpha value is -0.700. The van der Waals surface area contributed by atoms with E-state index in [-0.39, 0.29) is 6.15 Å². The van der Waals surface area contributed by atoms with Gasteiger partial charge in [0.15, 0.2) is 0 Å². The highest BCUT2D eigenvalue weighted by atomic mass is 14.8. The molecule has 6 N–H and O–H groups in total. The molecule has 0 aliphatic heterocycles. The first-order valence-corrected chi connectivity index (χ1v) is 5.49.